The third-order valence-electron chi connectivity index (χ3n) is 7.36. The molecule has 11 nitrogen and oxygen atoms in total. The van der Waals surface area contributed by atoms with Crippen LogP contribution < -0.4 is 29.9 Å². The Morgan fingerprint density at radius 1 is 1.07 bits per heavy atom. The standard InChI is InChI=1S/C32H41N7O4/c1-6-29(40)35-25-13-11-23(12-14-25)21-39-30-24(20-34-31(36-30)33-15-9-10-16-37(7-2)8-3)22-38(32(39)41)26-17-27(42-4)19-28(18-26)43-5/h6,11-14,17-20H,1,7-10,15-16,21-22H2,2-5H3,(H,35,40)(H,33,34,36). The van der Waals surface area contributed by atoms with E-state index in [1.807, 2.05) is 12.1 Å². The summed E-state index contributed by atoms with van der Waals surface area (Å²) >= 11 is 0. The van der Waals surface area contributed by atoms with Crippen LogP contribution in [-0.4, -0.2) is 67.2 Å². The number of ether oxygens (including phenoxy) is 2. The van der Waals surface area contributed by atoms with Gasteiger partial charge in [0.25, 0.3) is 0 Å². The van der Waals surface area contributed by atoms with Crippen LogP contribution >= 0.6 is 0 Å². The second kappa shape index (κ2) is 15.0. The minimum Gasteiger partial charge on any atom is -0.497 e. The molecule has 0 saturated carbocycles. The van der Waals surface area contributed by atoms with E-state index in [0.29, 0.717) is 34.6 Å². The lowest BCUT2D eigenvalue weighted by Crippen LogP contribution is -2.47. The Labute approximate surface area is 253 Å². The van der Waals surface area contributed by atoms with Gasteiger partial charge in [0.1, 0.15) is 17.3 Å². The van der Waals surface area contributed by atoms with Crippen molar-refractivity contribution in [2.24, 2.45) is 0 Å². The fraction of sp³-hybridized carbons (Fsp3) is 0.375. The number of fused-ring (bicyclic) bond motifs is 1. The van der Waals surface area contributed by atoms with Gasteiger partial charge in [-0.15, -0.1) is 0 Å². The van der Waals surface area contributed by atoms with Crippen LogP contribution in [0.5, 0.6) is 11.5 Å². The lowest BCUT2D eigenvalue weighted by atomic mass is 10.1. The van der Waals surface area contributed by atoms with E-state index in [1.165, 1.54) is 6.08 Å². The molecule has 228 valence electrons. The van der Waals surface area contributed by atoms with Gasteiger partial charge in [0.2, 0.25) is 11.9 Å². The molecule has 0 bridgehead atoms. The lowest BCUT2D eigenvalue weighted by Gasteiger charge is -2.36. The first kappa shape index (κ1) is 31.3. The summed E-state index contributed by atoms with van der Waals surface area (Å²) in [5.74, 6) is 1.91. The second-order valence-electron chi connectivity index (χ2n) is 10.1. The molecular formula is C32H41N7O4. The van der Waals surface area contributed by atoms with Crippen molar-refractivity contribution in [3.05, 3.63) is 72.4 Å². The van der Waals surface area contributed by atoms with Gasteiger partial charge in [-0.3, -0.25) is 14.6 Å². The summed E-state index contributed by atoms with van der Waals surface area (Å²) in [6, 6.07) is 12.5. The Morgan fingerprint density at radius 2 is 1.77 bits per heavy atom. The molecule has 0 saturated heterocycles. The number of carbonyl (C=O) groups is 2. The molecule has 4 rings (SSSR count). The molecule has 0 radical (unpaired) electrons. The molecule has 2 heterocycles. The molecule has 3 amide bonds. The molecule has 0 aliphatic carbocycles. The third kappa shape index (κ3) is 8.01. The molecule has 1 aliphatic heterocycles. The van der Waals surface area contributed by atoms with Gasteiger partial charge >= 0.3 is 6.03 Å². The number of carbonyl (C=O) groups excluding carboxylic acids is 2. The van der Waals surface area contributed by atoms with Crippen LogP contribution in [-0.2, 0) is 17.9 Å². The Bertz CT molecular complexity index is 1390. The fourth-order valence-corrected chi connectivity index (χ4v) is 4.86. The van der Waals surface area contributed by atoms with Gasteiger partial charge in [-0.1, -0.05) is 32.6 Å². The van der Waals surface area contributed by atoms with E-state index in [0.717, 1.165) is 50.1 Å². The molecule has 1 aliphatic rings. The Hall–Kier alpha value is -4.64. The quantitative estimate of drug-likeness (QED) is 0.182. The summed E-state index contributed by atoms with van der Waals surface area (Å²) in [4.78, 5) is 40.9. The van der Waals surface area contributed by atoms with E-state index in [1.54, 1.807) is 60.5 Å². The summed E-state index contributed by atoms with van der Waals surface area (Å²) in [7, 11) is 3.15. The molecule has 1 aromatic heterocycles. The molecule has 3 aromatic rings. The highest BCUT2D eigenvalue weighted by Gasteiger charge is 2.34. The first-order valence-corrected chi connectivity index (χ1v) is 14.6. The number of urea groups is 1. The first-order valence-electron chi connectivity index (χ1n) is 14.6. The van der Waals surface area contributed by atoms with Crippen molar-refractivity contribution in [3.8, 4) is 11.5 Å². The number of hydrogen-bond donors (Lipinski definition) is 2. The van der Waals surface area contributed by atoms with Crippen molar-refractivity contribution >= 4 is 35.1 Å². The van der Waals surface area contributed by atoms with Gasteiger partial charge < -0.3 is 25.0 Å². The van der Waals surface area contributed by atoms with Crippen molar-refractivity contribution in [1.29, 1.82) is 0 Å². The zero-order valence-electron chi connectivity index (χ0n) is 25.4. The minimum absolute atomic E-state index is 0.240. The van der Waals surface area contributed by atoms with E-state index < -0.39 is 0 Å². The molecule has 0 unspecified atom stereocenters. The monoisotopic (exact) mass is 587 g/mol. The van der Waals surface area contributed by atoms with Crippen molar-refractivity contribution in [3.63, 3.8) is 0 Å². The van der Waals surface area contributed by atoms with E-state index in [4.69, 9.17) is 14.5 Å². The zero-order valence-corrected chi connectivity index (χ0v) is 25.4. The van der Waals surface area contributed by atoms with Crippen molar-refractivity contribution in [2.45, 2.75) is 39.8 Å². The summed E-state index contributed by atoms with van der Waals surface area (Å²) in [6.07, 6.45) is 5.06. The SMILES string of the molecule is C=CC(=O)Nc1ccc(CN2C(=O)N(c3cc(OC)cc(OC)c3)Cc3cnc(NCCCCN(CC)CC)nc32)cc1. The third-order valence-corrected chi connectivity index (χ3v) is 7.36. The zero-order chi connectivity index (χ0) is 30.8. The number of hydrogen-bond acceptors (Lipinski definition) is 8. The molecule has 0 spiro atoms. The second-order valence-corrected chi connectivity index (χ2v) is 10.1. The van der Waals surface area contributed by atoms with E-state index in [-0.39, 0.29) is 25.0 Å². The summed E-state index contributed by atoms with van der Waals surface area (Å²) in [6.45, 7) is 12.3. The van der Waals surface area contributed by atoms with E-state index in [2.05, 4.69) is 40.9 Å². The number of nitrogens with one attached hydrogen (secondary N) is 2. The number of rotatable bonds is 15. The molecule has 0 fully saturated rings. The highest BCUT2D eigenvalue weighted by Crippen LogP contribution is 2.35. The maximum absolute atomic E-state index is 14.1. The Balaban J connectivity index is 1.59. The van der Waals surface area contributed by atoms with Crippen LogP contribution in [0.1, 0.15) is 37.8 Å². The number of anilines is 4. The number of amides is 3. The smallest absolute Gasteiger partial charge is 0.330 e. The number of aromatic nitrogens is 2. The minimum atomic E-state index is -0.290. The molecule has 2 aromatic carbocycles. The highest BCUT2D eigenvalue weighted by molar-refractivity contribution is 6.05. The normalized spacial score (nSPS) is 12.6. The summed E-state index contributed by atoms with van der Waals surface area (Å²) in [5, 5.41) is 6.08. The summed E-state index contributed by atoms with van der Waals surface area (Å²) in [5.41, 5.74) is 2.95. The van der Waals surface area contributed by atoms with Gasteiger partial charge in [0, 0.05) is 42.2 Å². The van der Waals surface area contributed by atoms with Crippen LogP contribution in [0.15, 0.2) is 61.3 Å². The molecule has 2 N–H and O–H groups in total. The van der Waals surface area contributed by atoms with Crippen LogP contribution in [0.3, 0.4) is 0 Å². The van der Waals surface area contributed by atoms with Gasteiger partial charge in [0.05, 0.1) is 33.0 Å². The van der Waals surface area contributed by atoms with E-state index >= 15 is 0 Å². The Morgan fingerprint density at radius 3 is 2.40 bits per heavy atom. The first-order chi connectivity index (χ1) is 20.9. The average Bonchev–Trinajstić information content (AvgIpc) is 3.04. The van der Waals surface area contributed by atoms with Gasteiger partial charge in [-0.25, -0.2) is 9.78 Å². The van der Waals surface area contributed by atoms with Gasteiger partial charge in [0.15, 0.2) is 0 Å². The van der Waals surface area contributed by atoms with Gasteiger partial charge in [-0.2, -0.15) is 4.98 Å². The number of methoxy groups -OCH3 is 2. The molecule has 0 atom stereocenters. The topological polar surface area (TPSA) is 112 Å². The predicted octanol–water partition coefficient (Wildman–Crippen LogP) is 5.30. The molecule has 11 heteroatoms. The van der Waals surface area contributed by atoms with Crippen molar-refractivity contribution < 1.29 is 19.1 Å². The van der Waals surface area contributed by atoms with Crippen LogP contribution in [0.25, 0.3) is 0 Å². The van der Waals surface area contributed by atoms with Crippen LogP contribution in [0.4, 0.5) is 27.9 Å². The largest absolute Gasteiger partial charge is 0.497 e. The average molecular weight is 588 g/mol. The number of benzene rings is 2. The van der Waals surface area contributed by atoms with E-state index in [9.17, 15) is 9.59 Å². The number of unbranched alkanes of at least 4 members (excludes halogenated alkanes) is 1. The van der Waals surface area contributed by atoms with Crippen molar-refractivity contribution in [2.75, 3.05) is 60.8 Å². The molecular weight excluding hydrogens is 546 g/mol. The fourth-order valence-electron chi connectivity index (χ4n) is 4.86. The highest BCUT2D eigenvalue weighted by atomic mass is 16.5. The van der Waals surface area contributed by atoms with Gasteiger partial charge in [-0.05, 0) is 56.2 Å². The van der Waals surface area contributed by atoms with Crippen LogP contribution in [0.2, 0.25) is 0 Å². The predicted molar refractivity (Wildman–Crippen MR) is 170 cm³/mol. The lowest BCUT2D eigenvalue weighted by molar-refractivity contribution is -0.111. The van der Waals surface area contributed by atoms with Crippen LogP contribution in [0, 0.1) is 0 Å². The summed E-state index contributed by atoms with van der Waals surface area (Å²) < 4.78 is 10.9. The van der Waals surface area contributed by atoms with Crippen molar-refractivity contribution in [1.82, 2.24) is 14.9 Å². The maximum atomic E-state index is 14.1. The molecule has 43 heavy (non-hydrogen) atoms. The number of nitrogens with zero attached hydrogens (tertiary/aromatic N) is 5. The Kier molecular flexibility index (Phi) is 10.9. The maximum Gasteiger partial charge on any atom is 0.330 e.